The van der Waals surface area contributed by atoms with E-state index in [4.69, 9.17) is 9.47 Å². The Hall–Kier alpha value is -8.45. The molecule has 10 rings (SSSR count). The van der Waals surface area contributed by atoms with Crippen molar-refractivity contribution >= 4 is 41.2 Å². The number of alkyl halides is 6. The number of rotatable bonds is 26. The molecule has 1 spiro atoms. The molecule has 3 fully saturated rings. The number of unbranched alkanes of at least 4 members (excludes halogenated alkanes) is 2. The number of carbonyl (C=O) groups excluding carboxylic acids is 4. The summed E-state index contributed by atoms with van der Waals surface area (Å²) >= 11 is 0. The van der Waals surface area contributed by atoms with Crippen LogP contribution >= 0.6 is 0 Å². The minimum absolute atomic E-state index is 0.0308. The van der Waals surface area contributed by atoms with Crippen LogP contribution in [0, 0.1) is 5.82 Å². The lowest BCUT2D eigenvalue weighted by molar-refractivity contribution is -0.143. The first-order valence-electron chi connectivity index (χ1n) is 33.1. The fourth-order valence-electron chi connectivity index (χ4n) is 14.0. The second-order valence-corrected chi connectivity index (χ2v) is 26.0. The third kappa shape index (κ3) is 17.5. The quantitative estimate of drug-likeness (QED) is 0.0390. The van der Waals surface area contributed by atoms with Crippen molar-refractivity contribution in [1.82, 2.24) is 34.4 Å². The number of likely N-dealkylation sites (N-methyl/N-ethyl adjacent to an activating group) is 2. The Morgan fingerprint density at radius 3 is 2.02 bits per heavy atom. The number of nitrogens with zero attached hydrogens (tertiary/aromatic N) is 8. The van der Waals surface area contributed by atoms with Crippen molar-refractivity contribution in [2.75, 3.05) is 117 Å². The smallest absolute Gasteiger partial charge is 0.416 e. The number of benzene rings is 5. The number of aromatic nitrogens is 1. The van der Waals surface area contributed by atoms with Crippen LogP contribution in [-0.4, -0.2) is 188 Å². The topological polar surface area (TPSA) is 172 Å². The monoisotopic (exact) mass is 1350 g/mol. The Balaban J connectivity index is 0.616. The van der Waals surface area contributed by atoms with E-state index in [2.05, 4.69) is 32.2 Å². The molecule has 0 unspecified atom stereocenters. The van der Waals surface area contributed by atoms with Gasteiger partial charge in [0.25, 0.3) is 11.8 Å². The summed E-state index contributed by atoms with van der Waals surface area (Å²) in [4.78, 5) is 83.1. The molecule has 2 atom stereocenters. The maximum absolute atomic E-state index is 14.2. The number of carbonyl (C=O) groups is 5. The molecule has 0 bridgehead atoms. The molecule has 5 aromatic carbocycles. The number of ether oxygens (including phenoxy) is 2. The number of pyridine rings is 1. The van der Waals surface area contributed by atoms with Crippen molar-refractivity contribution < 1.29 is 69.3 Å². The summed E-state index contributed by atoms with van der Waals surface area (Å²) in [5, 5.41) is 13.7. The lowest BCUT2D eigenvalue weighted by Gasteiger charge is -2.44. The van der Waals surface area contributed by atoms with Gasteiger partial charge in [-0.25, -0.2) is 14.2 Å². The second-order valence-electron chi connectivity index (χ2n) is 26.0. The number of para-hydroxylation sites is 1. The lowest BCUT2D eigenvalue weighted by Crippen LogP contribution is -2.50. The van der Waals surface area contributed by atoms with E-state index in [1.54, 1.807) is 40.9 Å². The largest absolute Gasteiger partial charge is 0.465 e. The number of piperidine rings is 2. The van der Waals surface area contributed by atoms with Gasteiger partial charge in [0.15, 0.2) is 0 Å². The summed E-state index contributed by atoms with van der Waals surface area (Å²) in [7, 11) is 5.24. The van der Waals surface area contributed by atoms with Crippen LogP contribution in [0.3, 0.4) is 0 Å². The van der Waals surface area contributed by atoms with Crippen LogP contribution in [0.15, 0.2) is 140 Å². The third-order valence-electron chi connectivity index (χ3n) is 19.7. The van der Waals surface area contributed by atoms with Gasteiger partial charge in [-0.3, -0.25) is 24.1 Å². The van der Waals surface area contributed by atoms with E-state index >= 15 is 0 Å². The third-order valence-corrected chi connectivity index (χ3v) is 19.7. The standard InChI is InChI=1S/C73H84F7N9O8/c1-83(34-14-35-85(3)67(92)53-22-27-64(82-47-53)81-33-13-5-8-21-65(90)84(2)41-42-86-36-28-59(29-37-86)89(69(94)95)62-20-12-10-18-60(62)51-15-6-4-7-16-51)66(91)48-96-63-45-52-17-9-11-19-61(52)70(63)30-38-87(39-31-70)40-32-71(55-23-25-58(74)26-24-55)49-88(50-97-71)68(93)54-43-56(72(75,76)77)46-57(44-54)73(78,79)80/h4,6-7,9-12,15-20,22-27,43-44,46-47,59,63H,5,8,13-14,21,28-42,45,48-50H2,1-3H3,(H,81,82)(H,94,95)/t63-,71-/m0/s1. The van der Waals surface area contributed by atoms with Gasteiger partial charge in [0.05, 0.1) is 35.0 Å². The van der Waals surface area contributed by atoms with Crippen LogP contribution in [0.2, 0.25) is 0 Å². The van der Waals surface area contributed by atoms with E-state index in [1.165, 1.54) is 35.4 Å². The first kappa shape index (κ1) is 71.3. The highest BCUT2D eigenvalue weighted by Gasteiger charge is 2.50. The van der Waals surface area contributed by atoms with Gasteiger partial charge in [-0.05, 0) is 142 Å². The molecule has 24 heteroatoms. The van der Waals surface area contributed by atoms with Gasteiger partial charge < -0.3 is 49.3 Å². The summed E-state index contributed by atoms with van der Waals surface area (Å²) in [6, 6.07) is 35.1. The Morgan fingerprint density at radius 1 is 0.691 bits per heavy atom. The van der Waals surface area contributed by atoms with Gasteiger partial charge in [-0.2, -0.15) is 26.3 Å². The van der Waals surface area contributed by atoms with Gasteiger partial charge in [0.2, 0.25) is 11.8 Å². The number of hydrogen-bond acceptors (Lipinski definition) is 11. The molecule has 2 N–H and O–H groups in total. The molecule has 4 heterocycles. The zero-order chi connectivity index (χ0) is 69.1. The van der Waals surface area contributed by atoms with Gasteiger partial charge in [0, 0.05) is 109 Å². The number of amides is 5. The number of halogens is 7. The van der Waals surface area contributed by atoms with Gasteiger partial charge >= 0.3 is 18.4 Å². The fraction of sp³-hybridized carbons (Fsp3) is 0.452. The highest BCUT2D eigenvalue weighted by atomic mass is 19.4. The zero-order valence-electron chi connectivity index (χ0n) is 54.9. The molecule has 0 radical (unpaired) electrons. The summed E-state index contributed by atoms with van der Waals surface area (Å²) in [6.45, 7) is 5.00. The van der Waals surface area contributed by atoms with Crippen molar-refractivity contribution in [3.05, 3.63) is 184 Å². The molecule has 0 saturated carbocycles. The Labute approximate surface area is 561 Å². The Bertz CT molecular complexity index is 3650. The van der Waals surface area contributed by atoms with E-state index in [0.717, 1.165) is 59.5 Å². The maximum atomic E-state index is 14.2. The van der Waals surface area contributed by atoms with Crippen molar-refractivity contribution in [2.45, 2.75) is 106 Å². The van der Waals surface area contributed by atoms with Crippen LogP contribution in [0.25, 0.3) is 11.1 Å². The van der Waals surface area contributed by atoms with Crippen LogP contribution in [-0.2, 0) is 48.9 Å². The predicted octanol–water partition coefficient (Wildman–Crippen LogP) is 12.3. The summed E-state index contributed by atoms with van der Waals surface area (Å²) < 4.78 is 110. The lowest BCUT2D eigenvalue weighted by atomic mass is 9.72. The maximum Gasteiger partial charge on any atom is 0.416 e. The van der Waals surface area contributed by atoms with Crippen LogP contribution < -0.4 is 10.2 Å². The Morgan fingerprint density at radius 2 is 1.34 bits per heavy atom. The number of likely N-dealkylation sites (tertiary alicyclic amines) is 2. The average molecular weight is 1350 g/mol. The molecule has 5 amide bonds. The molecule has 1 aromatic heterocycles. The highest BCUT2D eigenvalue weighted by molar-refractivity contribution is 5.96. The van der Waals surface area contributed by atoms with E-state index in [1.807, 2.05) is 73.8 Å². The number of fused-ring (bicyclic) bond motifs is 2. The van der Waals surface area contributed by atoms with Crippen molar-refractivity contribution in [3.63, 3.8) is 0 Å². The first-order chi connectivity index (χ1) is 46.4. The normalized spacial score (nSPS) is 18.2. The number of carboxylic acid groups (broad SMARTS) is 1. The van der Waals surface area contributed by atoms with Crippen LogP contribution in [0.5, 0.6) is 0 Å². The molecular formula is C73H84F7N9O8. The molecule has 6 aromatic rings. The van der Waals surface area contributed by atoms with E-state index in [-0.39, 0.29) is 55.5 Å². The van der Waals surface area contributed by atoms with Crippen molar-refractivity contribution in [3.8, 4) is 11.1 Å². The molecule has 1 aliphatic carbocycles. The molecule has 3 saturated heterocycles. The summed E-state index contributed by atoms with van der Waals surface area (Å²) in [5.74, 6) is -1.31. The molecule has 518 valence electrons. The zero-order valence-corrected chi connectivity index (χ0v) is 54.9. The predicted molar refractivity (Wildman–Crippen MR) is 353 cm³/mol. The minimum Gasteiger partial charge on any atom is -0.465 e. The van der Waals surface area contributed by atoms with Gasteiger partial charge in [-0.1, -0.05) is 91.3 Å². The Kier molecular flexibility index (Phi) is 23.1. The number of hydrogen-bond donors (Lipinski definition) is 2. The first-order valence-corrected chi connectivity index (χ1v) is 33.1. The minimum atomic E-state index is -5.15. The van der Waals surface area contributed by atoms with Crippen LogP contribution in [0.4, 0.5) is 47.0 Å². The van der Waals surface area contributed by atoms with Crippen molar-refractivity contribution in [2.24, 2.45) is 0 Å². The number of nitrogens with one attached hydrogen (secondary N) is 1. The molecule has 17 nitrogen and oxygen atoms in total. The molecule has 4 aliphatic rings. The highest BCUT2D eigenvalue weighted by Crippen LogP contribution is 2.49. The van der Waals surface area contributed by atoms with Crippen molar-refractivity contribution in [1.29, 1.82) is 0 Å². The van der Waals surface area contributed by atoms with Gasteiger partial charge in [-0.15, -0.1) is 0 Å². The summed E-state index contributed by atoms with van der Waals surface area (Å²) in [5.41, 5.74) is 0.0453. The molecule has 97 heavy (non-hydrogen) atoms. The van der Waals surface area contributed by atoms with Crippen LogP contribution in [0.1, 0.15) is 113 Å². The summed E-state index contributed by atoms with van der Waals surface area (Å²) in [6.07, 6.45) is -3.09. The second kappa shape index (κ2) is 31.4. The van der Waals surface area contributed by atoms with E-state index < -0.39 is 64.6 Å². The van der Waals surface area contributed by atoms with E-state index in [0.29, 0.717) is 132 Å². The molecular weight excluding hydrogens is 1260 g/mol. The number of anilines is 2. The van der Waals surface area contributed by atoms with Gasteiger partial charge in [0.1, 0.15) is 30.6 Å². The SMILES string of the molecule is CN(CCN1CCC(N(C(=O)O)c2ccccc2-c2ccccc2)CC1)C(=O)CCCCCNc1ccc(C(=O)N(C)CCCN(C)C(=O)CO[C@H]2Cc3ccccc3C23CCN(CC[C@@]2(c4ccc(F)cc4)CN(C(=O)c4cc(C(F)(F)F)cc(C(F)(F)F)c4)CO2)CC3)cn1. The fourth-order valence-corrected chi connectivity index (χ4v) is 14.0. The van der Waals surface area contributed by atoms with E-state index in [9.17, 15) is 59.8 Å². The average Bonchev–Trinajstić information content (AvgIpc) is 1.61. The molecule has 3 aliphatic heterocycles.